The van der Waals surface area contributed by atoms with Crippen molar-refractivity contribution in [2.75, 3.05) is 52.4 Å². The van der Waals surface area contributed by atoms with Crippen LogP contribution in [0.4, 0.5) is 0 Å². The Labute approximate surface area is 153 Å². The maximum Gasteiger partial charge on any atom is 0.255 e. The fourth-order valence-corrected chi connectivity index (χ4v) is 4.92. The lowest BCUT2D eigenvalue weighted by Gasteiger charge is -2.44. The van der Waals surface area contributed by atoms with Gasteiger partial charge in [0.2, 0.25) is 0 Å². The second kappa shape index (κ2) is 8.83. The van der Waals surface area contributed by atoms with E-state index in [-0.39, 0.29) is 5.91 Å². The Balaban J connectivity index is 1.52. The van der Waals surface area contributed by atoms with E-state index >= 15 is 0 Å². The van der Waals surface area contributed by atoms with Crippen molar-refractivity contribution in [3.8, 4) is 0 Å². The van der Waals surface area contributed by atoms with Crippen molar-refractivity contribution in [1.82, 2.24) is 14.7 Å². The van der Waals surface area contributed by atoms with Crippen LogP contribution in [-0.4, -0.2) is 83.7 Å². The highest BCUT2D eigenvalue weighted by Crippen LogP contribution is 2.29. The van der Waals surface area contributed by atoms with E-state index in [0.717, 1.165) is 52.2 Å². The zero-order valence-electron chi connectivity index (χ0n) is 16.1. The van der Waals surface area contributed by atoms with Gasteiger partial charge in [0.15, 0.2) is 5.60 Å². The van der Waals surface area contributed by atoms with Gasteiger partial charge in [0.05, 0.1) is 0 Å². The van der Waals surface area contributed by atoms with E-state index in [9.17, 15) is 9.90 Å². The number of rotatable bonds is 6. The van der Waals surface area contributed by atoms with Crippen molar-refractivity contribution in [2.24, 2.45) is 5.92 Å². The van der Waals surface area contributed by atoms with Gasteiger partial charge in [-0.2, -0.15) is 0 Å². The number of nitrogens with zero attached hydrogens (tertiary/aromatic N) is 3. The van der Waals surface area contributed by atoms with Crippen LogP contribution < -0.4 is 0 Å². The molecule has 0 radical (unpaired) electrons. The lowest BCUT2D eigenvalue weighted by atomic mass is 9.86. The van der Waals surface area contributed by atoms with Gasteiger partial charge in [0, 0.05) is 45.8 Å². The van der Waals surface area contributed by atoms with E-state index in [1.54, 1.807) is 0 Å². The summed E-state index contributed by atoms with van der Waals surface area (Å²) in [6.07, 6.45) is 9.21. The highest BCUT2D eigenvalue weighted by molar-refractivity contribution is 5.86. The minimum atomic E-state index is -1.15. The third kappa shape index (κ3) is 4.95. The van der Waals surface area contributed by atoms with Gasteiger partial charge in [-0.3, -0.25) is 9.69 Å². The minimum absolute atomic E-state index is 0.000288. The smallest absolute Gasteiger partial charge is 0.255 e. The average Bonchev–Trinajstić information content (AvgIpc) is 2.62. The van der Waals surface area contributed by atoms with Gasteiger partial charge in [0.25, 0.3) is 5.91 Å². The van der Waals surface area contributed by atoms with Crippen molar-refractivity contribution in [1.29, 1.82) is 0 Å². The van der Waals surface area contributed by atoms with Crippen LogP contribution in [-0.2, 0) is 4.79 Å². The maximum atomic E-state index is 13.0. The number of hydrogen-bond donors (Lipinski definition) is 1. The normalized spacial score (nSPS) is 30.8. The van der Waals surface area contributed by atoms with Crippen LogP contribution in [0.25, 0.3) is 0 Å². The van der Waals surface area contributed by atoms with Crippen molar-refractivity contribution >= 4 is 5.91 Å². The zero-order valence-corrected chi connectivity index (χ0v) is 16.1. The van der Waals surface area contributed by atoms with Crippen LogP contribution in [0, 0.1) is 5.92 Å². The summed E-state index contributed by atoms with van der Waals surface area (Å²) in [5, 5.41) is 11.1. The molecule has 1 saturated carbocycles. The summed E-state index contributed by atoms with van der Waals surface area (Å²) in [5.74, 6) is 0.651. The molecule has 3 rings (SSSR count). The van der Waals surface area contributed by atoms with Crippen molar-refractivity contribution in [2.45, 2.75) is 63.9 Å². The number of aliphatic hydroxyl groups is 1. The zero-order chi connectivity index (χ0) is 17.7. The molecule has 1 aliphatic carbocycles. The molecular weight excluding hydrogens is 314 g/mol. The molecule has 144 valence electrons. The molecule has 0 bridgehead atoms. The van der Waals surface area contributed by atoms with Crippen LogP contribution in [0.2, 0.25) is 0 Å². The third-order valence-corrected chi connectivity index (χ3v) is 6.40. The number of carbonyl (C=O) groups is 1. The standard InChI is InChI=1S/C20H37N3O2/c1-2-10-21-12-14-22(15-13-21)17-20(25)9-6-11-23(19(20)24)16-18-7-4-3-5-8-18/h18,25H,2-17H2,1H3/t20-/m1/s1. The molecule has 2 heterocycles. The first-order valence-corrected chi connectivity index (χ1v) is 10.6. The highest BCUT2D eigenvalue weighted by Gasteiger charge is 2.44. The third-order valence-electron chi connectivity index (χ3n) is 6.40. The molecule has 1 N–H and O–H groups in total. The molecule has 1 amide bonds. The summed E-state index contributed by atoms with van der Waals surface area (Å²) in [7, 11) is 0. The fraction of sp³-hybridized carbons (Fsp3) is 0.950. The molecule has 0 spiro atoms. The molecule has 1 atom stereocenters. The minimum Gasteiger partial charge on any atom is -0.379 e. The van der Waals surface area contributed by atoms with Crippen molar-refractivity contribution in [3.05, 3.63) is 0 Å². The van der Waals surface area contributed by atoms with Crippen molar-refractivity contribution in [3.63, 3.8) is 0 Å². The average molecular weight is 352 g/mol. The highest BCUT2D eigenvalue weighted by atomic mass is 16.3. The molecule has 3 aliphatic rings. The van der Waals surface area contributed by atoms with Gasteiger partial charge < -0.3 is 14.9 Å². The molecule has 5 heteroatoms. The number of piperidine rings is 1. The number of amides is 1. The molecule has 0 aromatic carbocycles. The SMILES string of the molecule is CCCN1CCN(C[C@]2(O)CCCN(CC3CCCCC3)C2=O)CC1. The first-order valence-electron chi connectivity index (χ1n) is 10.6. The Kier molecular flexibility index (Phi) is 6.75. The first-order chi connectivity index (χ1) is 12.1. The van der Waals surface area contributed by atoms with Crippen LogP contribution in [0.15, 0.2) is 0 Å². The fourth-order valence-electron chi connectivity index (χ4n) is 4.92. The topological polar surface area (TPSA) is 47.0 Å². The van der Waals surface area contributed by atoms with Crippen LogP contribution in [0.5, 0.6) is 0 Å². The molecule has 3 fully saturated rings. The van der Waals surface area contributed by atoms with E-state index in [4.69, 9.17) is 0 Å². The second-order valence-corrected chi connectivity index (χ2v) is 8.51. The molecular formula is C20H37N3O2. The summed E-state index contributed by atoms with van der Waals surface area (Å²) < 4.78 is 0. The number of likely N-dealkylation sites (tertiary alicyclic amines) is 1. The number of hydrogen-bond acceptors (Lipinski definition) is 4. The van der Waals surface area contributed by atoms with E-state index < -0.39 is 5.60 Å². The largest absolute Gasteiger partial charge is 0.379 e. The van der Waals surface area contributed by atoms with Gasteiger partial charge in [-0.15, -0.1) is 0 Å². The maximum absolute atomic E-state index is 13.0. The molecule has 5 nitrogen and oxygen atoms in total. The molecule has 2 saturated heterocycles. The van der Waals surface area contributed by atoms with Crippen molar-refractivity contribution < 1.29 is 9.90 Å². The van der Waals surface area contributed by atoms with Crippen LogP contribution in [0.3, 0.4) is 0 Å². The molecule has 0 aromatic heterocycles. The summed E-state index contributed by atoms with van der Waals surface area (Å²) in [6.45, 7) is 9.66. The van der Waals surface area contributed by atoms with Gasteiger partial charge in [-0.05, 0) is 44.6 Å². The predicted molar refractivity (Wildman–Crippen MR) is 101 cm³/mol. The van der Waals surface area contributed by atoms with Gasteiger partial charge in [-0.1, -0.05) is 26.2 Å². The van der Waals surface area contributed by atoms with Gasteiger partial charge >= 0.3 is 0 Å². The summed E-state index contributed by atoms with van der Waals surface area (Å²) in [6, 6.07) is 0. The van der Waals surface area contributed by atoms with Gasteiger partial charge in [0.1, 0.15) is 0 Å². The lowest BCUT2D eigenvalue weighted by Crippen LogP contribution is -2.61. The van der Waals surface area contributed by atoms with Crippen LogP contribution in [0.1, 0.15) is 58.3 Å². The summed E-state index contributed by atoms with van der Waals surface area (Å²) in [5.41, 5.74) is -1.15. The quantitative estimate of drug-likeness (QED) is 0.795. The monoisotopic (exact) mass is 351 g/mol. The molecule has 0 unspecified atom stereocenters. The Hall–Kier alpha value is -0.650. The van der Waals surface area contributed by atoms with E-state index in [0.29, 0.717) is 18.9 Å². The van der Waals surface area contributed by atoms with E-state index in [2.05, 4.69) is 16.7 Å². The second-order valence-electron chi connectivity index (χ2n) is 8.51. The Morgan fingerprint density at radius 2 is 1.68 bits per heavy atom. The Bertz CT molecular complexity index is 431. The van der Waals surface area contributed by atoms with Crippen LogP contribution >= 0.6 is 0 Å². The molecule has 0 aromatic rings. The summed E-state index contributed by atoms with van der Waals surface area (Å²) in [4.78, 5) is 19.8. The number of β-amino-alcohol motifs (C(OH)–C–C–N with tert-alkyl or cyclic N) is 1. The predicted octanol–water partition coefficient (Wildman–Crippen LogP) is 1.95. The summed E-state index contributed by atoms with van der Waals surface area (Å²) >= 11 is 0. The lowest BCUT2D eigenvalue weighted by molar-refractivity contribution is -0.161. The first kappa shape index (κ1) is 19.1. The number of carbonyl (C=O) groups excluding carboxylic acids is 1. The van der Waals surface area contributed by atoms with Gasteiger partial charge in [-0.25, -0.2) is 0 Å². The van der Waals surface area contributed by atoms with E-state index in [1.807, 2.05) is 4.90 Å². The molecule has 2 aliphatic heterocycles. The Morgan fingerprint density at radius 3 is 2.36 bits per heavy atom. The number of piperazine rings is 1. The molecule has 25 heavy (non-hydrogen) atoms. The van der Waals surface area contributed by atoms with E-state index in [1.165, 1.54) is 38.5 Å². The Morgan fingerprint density at radius 1 is 1.00 bits per heavy atom.